The van der Waals surface area contributed by atoms with E-state index >= 15 is 0 Å². The molecule has 0 bridgehead atoms. The van der Waals surface area contributed by atoms with Crippen LogP contribution in [-0.2, 0) is 4.79 Å². The van der Waals surface area contributed by atoms with Crippen molar-refractivity contribution in [3.63, 3.8) is 0 Å². The Labute approximate surface area is 154 Å². The maximum Gasteiger partial charge on any atom is 0.238 e. The van der Waals surface area contributed by atoms with Crippen LogP contribution in [0.15, 0.2) is 48.5 Å². The van der Waals surface area contributed by atoms with Gasteiger partial charge in [-0.1, -0.05) is 12.1 Å². The number of hydrogen-bond acceptors (Lipinski definition) is 5. The van der Waals surface area contributed by atoms with Gasteiger partial charge >= 0.3 is 0 Å². The maximum absolute atomic E-state index is 12.3. The highest BCUT2D eigenvalue weighted by Crippen LogP contribution is 2.27. The minimum atomic E-state index is -0.0230. The monoisotopic (exact) mass is 355 g/mol. The molecule has 1 saturated heterocycles. The first kappa shape index (κ1) is 18.1. The second-order valence-corrected chi connectivity index (χ2v) is 6.26. The maximum atomic E-state index is 12.3. The molecule has 0 saturated carbocycles. The number of nitrogens with one attached hydrogen (secondary N) is 1. The summed E-state index contributed by atoms with van der Waals surface area (Å²) in [6.45, 7) is 6.06. The average Bonchev–Trinajstić information content (AvgIpc) is 2.65. The molecule has 1 fully saturated rings. The van der Waals surface area contributed by atoms with E-state index in [9.17, 15) is 9.90 Å². The molecule has 26 heavy (non-hydrogen) atoms. The Balaban J connectivity index is 1.46. The summed E-state index contributed by atoms with van der Waals surface area (Å²) in [5.74, 6) is 1.07. The molecule has 138 valence electrons. The van der Waals surface area contributed by atoms with E-state index < -0.39 is 0 Å². The lowest BCUT2D eigenvalue weighted by Crippen LogP contribution is -2.48. The predicted molar refractivity (Wildman–Crippen MR) is 103 cm³/mol. The third-order valence-electron chi connectivity index (χ3n) is 4.41. The number of aromatic hydroxyl groups is 1. The van der Waals surface area contributed by atoms with E-state index in [0.29, 0.717) is 18.9 Å². The lowest BCUT2D eigenvalue weighted by molar-refractivity contribution is -0.117. The molecule has 1 amide bonds. The number of nitrogens with zero attached hydrogens (tertiary/aromatic N) is 2. The number of amides is 1. The zero-order chi connectivity index (χ0) is 18.4. The number of para-hydroxylation sites is 2. The SMILES string of the molecule is CCOc1ccc(NC(=O)CN2CCN(c3ccccc3O)CC2)cc1. The first-order chi connectivity index (χ1) is 12.7. The van der Waals surface area contributed by atoms with Crippen molar-refractivity contribution in [2.24, 2.45) is 0 Å². The van der Waals surface area contributed by atoms with Crippen LogP contribution in [0.2, 0.25) is 0 Å². The molecule has 2 aromatic rings. The highest BCUT2D eigenvalue weighted by atomic mass is 16.5. The summed E-state index contributed by atoms with van der Waals surface area (Å²) in [7, 11) is 0. The van der Waals surface area contributed by atoms with Gasteiger partial charge in [0.1, 0.15) is 11.5 Å². The van der Waals surface area contributed by atoms with E-state index in [1.54, 1.807) is 6.07 Å². The number of rotatable bonds is 6. The number of piperazine rings is 1. The Morgan fingerprint density at radius 2 is 1.77 bits per heavy atom. The molecule has 1 aliphatic rings. The summed E-state index contributed by atoms with van der Waals surface area (Å²) in [4.78, 5) is 16.5. The Morgan fingerprint density at radius 1 is 1.08 bits per heavy atom. The quantitative estimate of drug-likeness (QED) is 0.834. The molecule has 2 N–H and O–H groups in total. The van der Waals surface area contributed by atoms with Gasteiger partial charge < -0.3 is 20.1 Å². The molecule has 6 heteroatoms. The molecule has 0 atom stereocenters. The summed E-state index contributed by atoms with van der Waals surface area (Å²) in [6, 6.07) is 14.8. The van der Waals surface area contributed by atoms with Gasteiger partial charge in [-0.15, -0.1) is 0 Å². The number of hydrogen-bond donors (Lipinski definition) is 2. The zero-order valence-corrected chi connectivity index (χ0v) is 15.0. The van der Waals surface area contributed by atoms with E-state index in [1.165, 1.54) is 0 Å². The zero-order valence-electron chi connectivity index (χ0n) is 15.0. The number of phenolic OH excluding ortho intramolecular Hbond substituents is 1. The van der Waals surface area contributed by atoms with Crippen molar-refractivity contribution in [1.29, 1.82) is 0 Å². The van der Waals surface area contributed by atoms with Crippen LogP contribution >= 0.6 is 0 Å². The second kappa shape index (κ2) is 8.58. The van der Waals surface area contributed by atoms with Crippen molar-refractivity contribution in [1.82, 2.24) is 4.90 Å². The van der Waals surface area contributed by atoms with E-state index in [1.807, 2.05) is 49.4 Å². The normalized spacial score (nSPS) is 14.9. The fourth-order valence-corrected chi connectivity index (χ4v) is 3.08. The van der Waals surface area contributed by atoms with Crippen LogP contribution in [0, 0.1) is 0 Å². The van der Waals surface area contributed by atoms with Crippen molar-refractivity contribution in [3.8, 4) is 11.5 Å². The van der Waals surface area contributed by atoms with Crippen molar-refractivity contribution >= 4 is 17.3 Å². The summed E-state index contributed by atoms with van der Waals surface area (Å²) in [5, 5.41) is 12.9. The molecule has 0 radical (unpaired) electrons. The van der Waals surface area contributed by atoms with Crippen molar-refractivity contribution in [2.75, 3.05) is 49.5 Å². The van der Waals surface area contributed by atoms with E-state index in [-0.39, 0.29) is 5.91 Å². The van der Waals surface area contributed by atoms with E-state index in [0.717, 1.165) is 43.3 Å². The van der Waals surface area contributed by atoms with Crippen LogP contribution in [0.3, 0.4) is 0 Å². The van der Waals surface area contributed by atoms with Gasteiger partial charge in [0, 0.05) is 31.9 Å². The van der Waals surface area contributed by atoms with Gasteiger partial charge in [-0.05, 0) is 43.3 Å². The largest absolute Gasteiger partial charge is 0.506 e. The molecular formula is C20H25N3O3. The molecule has 0 spiro atoms. The number of anilines is 2. The molecule has 2 aromatic carbocycles. The molecule has 0 aliphatic carbocycles. The van der Waals surface area contributed by atoms with Crippen LogP contribution in [0.1, 0.15) is 6.92 Å². The Bertz CT molecular complexity index is 725. The highest BCUT2D eigenvalue weighted by molar-refractivity contribution is 5.92. The fraction of sp³-hybridized carbons (Fsp3) is 0.350. The molecule has 0 unspecified atom stereocenters. The van der Waals surface area contributed by atoms with Crippen LogP contribution in [0.25, 0.3) is 0 Å². The van der Waals surface area contributed by atoms with Crippen molar-refractivity contribution in [3.05, 3.63) is 48.5 Å². The number of ether oxygens (including phenoxy) is 1. The third-order valence-corrected chi connectivity index (χ3v) is 4.41. The first-order valence-corrected chi connectivity index (χ1v) is 8.93. The standard InChI is InChI=1S/C20H25N3O3/c1-2-26-17-9-7-16(8-10-17)21-20(25)15-22-11-13-23(14-12-22)18-5-3-4-6-19(18)24/h3-10,24H,2,11-15H2,1H3,(H,21,25). The fourth-order valence-electron chi connectivity index (χ4n) is 3.08. The average molecular weight is 355 g/mol. The van der Waals surface area contributed by atoms with Gasteiger partial charge in [0.15, 0.2) is 0 Å². The smallest absolute Gasteiger partial charge is 0.238 e. The van der Waals surface area contributed by atoms with Crippen LogP contribution < -0.4 is 15.0 Å². The van der Waals surface area contributed by atoms with Crippen LogP contribution in [-0.4, -0.2) is 55.2 Å². The van der Waals surface area contributed by atoms with Crippen LogP contribution in [0.5, 0.6) is 11.5 Å². The summed E-state index contributed by atoms with van der Waals surface area (Å²) in [5.41, 5.74) is 1.62. The summed E-state index contributed by atoms with van der Waals surface area (Å²) in [6.07, 6.45) is 0. The Hall–Kier alpha value is -2.73. The third kappa shape index (κ3) is 4.67. The van der Waals surface area contributed by atoms with Crippen molar-refractivity contribution in [2.45, 2.75) is 6.92 Å². The Morgan fingerprint density at radius 3 is 2.42 bits per heavy atom. The van der Waals surface area contributed by atoms with Gasteiger partial charge in [0.05, 0.1) is 18.8 Å². The Kier molecular flexibility index (Phi) is 5.96. The number of phenols is 1. The predicted octanol–water partition coefficient (Wildman–Crippen LogP) is 2.55. The molecule has 3 rings (SSSR count). The number of carbonyl (C=O) groups excluding carboxylic acids is 1. The molecule has 0 aromatic heterocycles. The van der Waals surface area contributed by atoms with Gasteiger partial charge in [-0.25, -0.2) is 0 Å². The minimum Gasteiger partial charge on any atom is -0.506 e. The molecule has 1 aliphatic heterocycles. The van der Waals surface area contributed by atoms with Gasteiger partial charge in [0.25, 0.3) is 0 Å². The molecule has 6 nitrogen and oxygen atoms in total. The number of benzene rings is 2. The van der Waals surface area contributed by atoms with Gasteiger partial charge in [-0.2, -0.15) is 0 Å². The van der Waals surface area contributed by atoms with E-state index in [4.69, 9.17) is 4.74 Å². The highest BCUT2D eigenvalue weighted by Gasteiger charge is 2.20. The molecular weight excluding hydrogens is 330 g/mol. The van der Waals surface area contributed by atoms with Gasteiger partial charge in [0.2, 0.25) is 5.91 Å². The summed E-state index contributed by atoms with van der Waals surface area (Å²) < 4.78 is 5.40. The van der Waals surface area contributed by atoms with Gasteiger partial charge in [-0.3, -0.25) is 9.69 Å². The minimum absolute atomic E-state index is 0.0230. The van der Waals surface area contributed by atoms with Crippen LogP contribution in [0.4, 0.5) is 11.4 Å². The van der Waals surface area contributed by atoms with E-state index in [2.05, 4.69) is 15.1 Å². The molecule has 1 heterocycles. The lowest BCUT2D eigenvalue weighted by atomic mass is 10.2. The summed E-state index contributed by atoms with van der Waals surface area (Å²) >= 11 is 0. The second-order valence-electron chi connectivity index (χ2n) is 6.26. The first-order valence-electron chi connectivity index (χ1n) is 8.93. The topological polar surface area (TPSA) is 65.0 Å². The number of carbonyl (C=O) groups is 1. The van der Waals surface area contributed by atoms with Crippen molar-refractivity contribution < 1.29 is 14.6 Å². The lowest BCUT2D eigenvalue weighted by Gasteiger charge is -2.35.